The number of aliphatic imine (C=N–C) groups is 1. The van der Waals surface area contributed by atoms with Crippen LogP contribution in [0.25, 0.3) is 0 Å². The van der Waals surface area contributed by atoms with Crippen molar-refractivity contribution >= 4 is 35.6 Å². The Labute approximate surface area is 205 Å². The van der Waals surface area contributed by atoms with Crippen LogP contribution >= 0.6 is 24.0 Å². The van der Waals surface area contributed by atoms with Crippen LogP contribution in [0.3, 0.4) is 0 Å². The third-order valence-electron chi connectivity index (χ3n) is 5.79. The van der Waals surface area contributed by atoms with E-state index in [9.17, 15) is 0 Å². The Bertz CT molecular complexity index is 768. The third-order valence-corrected chi connectivity index (χ3v) is 5.79. The lowest BCUT2D eigenvalue weighted by Crippen LogP contribution is -2.48. The molecular weight excluding hydrogens is 497 g/mol. The van der Waals surface area contributed by atoms with Crippen molar-refractivity contribution in [1.82, 2.24) is 15.5 Å². The van der Waals surface area contributed by atoms with E-state index in [2.05, 4.69) is 94.1 Å². The Morgan fingerprint density at radius 3 is 2.29 bits per heavy atom. The summed E-state index contributed by atoms with van der Waals surface area (Å²) in [6, 6.07) is 20.1. The summed E-state index contributed by atoms with van der Waals surface area (Å²) in [5.41, 5.74) is 4.03. The summed E-state index contributed by atoms with van der Waals surface area (Å²) < 4.78 is 0. The van der Waals surface area contributed by atoms with Crippen molar-refractivity contribution in [3.05, 3.63) is 65.7 Å². The number of benzene rings is 2. The Hall–Kier alpha value is -1.80. The van der Waals surface area contributed by atoms with Crippen LogP contribution < -0.4 is 15.5 Å². The van der Waals surface area contributed by atoms with Crippen LogP contribution in [-0.4, -0.2) is 57.7 Å². The molecule has 1 heterocycles. The van der Waals surface area contributed by atoms with Gasteiger partial charge in [-0.15, -0.1) is 24.0 Å². The van der Waals surface area contributed by atoms with E-state index in [-0.39, 0.29) is 24.0 Å². The summed E-state index contributed by atoms with van der Waals surface area (Å²) in [6.45, 7) is 4.25. The number of halogens is 1. The van der Waals surface area contributed by atoms with E-state index in [0.29, 0.717) is 6.04 Å². The first-order chi connectivity index (χ1) is 14.6. The van der Waals surface area contributed by atoms with Gasteiger partial charge < -0.3 is 15.5 Å². The van der Waals surface area contributed by atoms with E-state index < -0.39 is 0 Å². The number of hydrogen-bond acceptors (Lipinski definition) is 3. The van der Waals surface area contributed by atoms with E-state index in [1.54, 1.807) is 0 Å². The maximum absolute atomic E-state index is 4.42. The second-order valence-corrected chi connectivity index (χ2v) is 8.34. The number of rotatable bonds is 8. The van der Waals surface area contributed by atoms with Gasteiger partial charge in [0.25, 0.3) is 0 Å². The number of likely N-dealkylation sites (tertiary alicyclic amines) is 1. The van der Waals surface area contributed by atoms with Crippen molar-refractivity contribution in [2.24, 2.45) is 4.99 Å². The van der Waals surface area contributed by atoms with Crippen LogP contribution in [0.4, 0.5) is 5.69 Å². The summed E-state index contributed by atoms with van der Waals surface area (Å²) in [6.07, 6.45) is 4.49. The molecule has 1 saturated heterocycles. The Morgan fingerprint density at radius 1 is 1.00 bits per heavy atom. The number of guanidine groups is 1. The molecule has 170 valence electrons. The number of aryl methyl sites for hydroxylation is 1. The fraction of sp³-hybridized carbons (Fsp3) is 0.480. The van der Waals surface area contributed by atoms with Gasteiger partial charge in [-0.05, 0) is 48.9 Å². The standard InChI is InChI=1S/C25H37N5.HI/c1-26-25(27-17-7-10-21-11-13-24(14-12-21)29(2)3)28-23-15-18-30(19-16-23)20-22-8-5-4-6-9-22;/h4-6,8-9,11-14,23H,7,10,15-20H2,1-3H3,(H2,26,27,28);1H. The van der Waals surface area contributed by atoms with Gasteiger partial charge in [0, 0.05) is 59.1 Å². The molecule has 0 radical (unpaired) electrons. The van der Waals surface area contributed by atoms with E-state index in [4.69, 9.17) is 0 Å². The van der Waals surface area contributed by atoms with Gasteiger partial charge in [-0.25, -0.2) is 0 Å². The van der Waals surface area contributed by atoms with Gasteiger partial charge in [-0.3, -0.25) is 9.89 Å². The zero-order valence-corrected chi connectivity index (χ0v) is 21.5. The smallest absolute Gasteiger partial charge is 0.191 e. The highest BCUT2D eigenvalue weighted by Gasteiger charge is 2.19. The molecular formula is C25H38IN5. The van der Waals surface area contributed by atoms with Gasteiger partial charge in [0.15, 0.2) is 5.96 Å². The lowest BCUT2D eigenvalue weighted by molar-refractivity contribution is 0.198. The fourth-order valence-electron chi connectivity index (χ4n) is 3.93. The third kappa shape index (κ3) is 8.69. The molecule has 6 heteroatoms. The number of piperidine rings is 1. The van der Waals surface area contributed by atoms with Gasteiger partial charge in [0.2, 0.25) is 0 Å². The van der Waals surface area contributed by atoms with Gasteiger partial charge in [0.1, 0.15) is 0 Å². The maximum atomic E-state index is 4.42. The topological polar surface area (TPSA) is 42.9 Å². The van der Waals surface area contributed by atoms with E-state index in [1.807, 2.05) is 7.05 Å². The minimum atomic E-state index is 0. The second-order valence-electron chi connectivity index (χ2n) is 8.34. The first-order valence-electron chi connectivity index (χ1n) is 11.1. The molecule has 1 aliphatic heterocycles. The molecule has 5 nitrogen and oxygen atoms in total. The van der Waals surface area contributed by atoms with Gasteiger partial charge in [-0.2, -0.15) is 0 Å². The average Bonchev–Trinajstić information content (AvgIpc) is 2.78. The summed E-state index contributed by atoms with van der Waals surface area (Å²) in [4.78, 5) is 9.10. The molecule has 1 aliphatic rings. The van der Waals surface area contributed by atoms with E-state index >= 15 is 0 Å². The van der Waals surface area contributed by atoms with Crippen LogP contribution in [-0.2, 0) is 13.0 Å². The molecule has 1 fully saturated rings. The SMILES string of the molecule is CN=C(NCCCc1ccc(N(C)C)cc1)NC1CCN(Cc2ccccc2)CC1.I. The predicted molar refractivity (Wildman–Crippen MR) is 144 cm³/mol. The highest BCUT2D eigenvalue weighted by Crippen LogP contribution is 2.14. The quantitative estimate of drug-likeness (QED) is 0.231. The zero-order valence-electron chi connectivity index (χ0n) is 19.2. The molecule has 0 unspecified atom stereocenters. The number of nitrogens with zero attached hydrogens (tertiary/aromatic N) is 3. The molecule has 0 atom stereocenters. The van der Waals surface area contributed by atoms with Gasteiger partial charge >= 0.3 is 0 Å². The van der Waals surface area contributed by atoms with Crippen molar-refractivity contribution in [2.45, 2.75) is 38.3 Å². The van der Waals surface area contributed by atoms with Crippen molar-refractivity contribution < 1.29 is 0 Å². The number of hydrogen-bond donors (Lipinski definition) is 2. The minimum Gasteiger partial charge on any atom is -0.378 e. The first kappa shape index (κ1) is 25.5. The van der Waals surface area contributed by atoms with Crippen molar-refractivity contribution in [3.8, 4) is 0 Å². The average molecular weight is 536 g/mol. The largest absolute Gasteiger partial charge is 0.378 e. The van der Waals surface area contributed by atoms with E-state index in [0.717, 1.165) is 57.8 Å². The van der Waals surface area contributed by atoms with Crippen molar-refractivity contribution in [1.29, 1.82) is 0 Å². The monoisotopic (exact) mass is 535 g/mol. The maximum Gasteiger partial charge on any atom is 0.191 e. The molecule has 0 amide bonds. The Kier molecular flexibility index (Phi) is 11.2. The van der Waals surface area contributed by atoms with Crippen molar-refractivity contribution in [2.75, 3.05) is 45.7 Å². The molecule has 2 aromatic rings. The van der Waals surface area contributed by atoms with Crippen LogP contribution in [0.1, 0.15) is 30.4 Å². The molecule has 3 rings (SSSR count). The number of nitrogens with one attached hydrogen (secondary N) is 2. The molecule has 0 bridgehead atoms. The highest BCUT2D eigenvalue weighted by molar-refractivity contribution is 14.0. The normalized spacial score (nSPS) is 15.3. The highest BCUT2D eigenvalue weighted by atomic mass is 127. The minimum absolute atomic E-state index is 0. The zero-order chi connectivity index (χ0) is 21.2. The Balaban J connectivity index is 0.00000341. The second kappa shape index (κ2) is 13.6. The van der Waals surface area contributed by atoms with Crippen LogP contribution in [0.2, 0.25) is 0 Å². The van der Waals surface area contributed by atoms with Crippen LogP contribution in [0.5, 0.6) is 0 Å². The van der Waals surface area contributed by atoms with Crippen LogP contribution in [0, 0.1) is 0 Å². The summed E-state index contributed by atoms with van der Waals surface area (Å²) in [5, 5.41) is 7.10. The molecule has 0 aromatic heterocycles. The predicted octanol–water partition coefficient (Wildman–Crippen LogP) is 4.13. The lowest BCUT2D eigenvalue weighted by atomic mass is 10.0. The molecule has 2 N–H and O–H groups in total. The molecule has 2 aromatic carbocycles. The fourth-order valence-corrected chi connectivity index (χ4v) is 3.93. The molecule has 0 spiro atoms. The van der Waals surface area contributed by atoms with Crippen molar-refractivity contribution in [3.63, 3.8) is 0 Å². The lowest BCUT2D eigenvalue weighted by Gasteiger charge is -2.33. The van der Waals surface area contributed by atoms with Gasteiger partial charge in [-0.1, -0.05) is 42.5 Å². The summed E-state index contributed by atoms with van der Waals surface area (Å²) >= 11 is 0. The first-order valence-corrected chi connectivity index (χ1v) is 11.1. The summed E-state index contributed by atoms with van der Waals surface area (Å²) in [5.74, 6) is 0.930. The molecule has 0 aliphatic carbocycles. The molecule has 31 heavy (non-hydrogen) atoms. The van der Waals surface area contributed by atoms with Gasteiger partial charge in [0.05, 0.1) is 0 Å². The number of anilines is 1. The summed E-state index contributed by atoms with van der Waals surface area (Å²) in [7, 11) is 6.01. The molecule has 0 saturated carbocycles. The van der Waals surface area contributed by atoms with E-state index in [1.165, 1.54) is 16.8 Å². The van der Waals surface area contributed by atoms with Crippen LogP contribution in [0.15, 0.2) is 59.6 Å². The Morgan fingerprint density at radius 2 is 1.68 bits per heavy atom.